The van der Waals surface area contributed by atoms with Gasteiger partial charge in [-0.3, -0.25) is 4.79 Å². The van der Waals surface area contributed by atoms with Crippen molar-refractivity contribution in [1.29, 1.82) is 0 Å². The molecule has 0 aliphatic rings. The summed E-state index contributed by atoms with van der Waals surface area (Å²) >= 11 is 0. The van der Waals surface area contributed by atoms with Gasteiger partial charge in [0.25, 0.3) is 5.56 Å². The Morgan fingerprint density at radius 1 is 1.26 bits per heavy atom. The van der Waals surface area contributed by atoms with E-state index < -0.39 is 0 Å². The van der Waals surface area contributed by atoms with E-state index in [-0.39, 0.29) is 5.56 Å². The molecule has 94 valence electrons. The van der Waals surface area contributed by atoms with Gasteiger partial charge in [-0.2, -0.15) is 0 Å². The Balaban J connectivity index is 2.59. The van der Waals surface area contributed by atoms with Crippen LogP contribution in [0.3, 0.4) is 0 Å². The van der Waals surface area contributed by atoms with E-state index in [1.165, 1.54) is 0 Å². The molecule has 0 aliphatic heterocycles. The minimum Gasteiger partial charge on any atom is -0.454 e. The van der Waals surface area contributed by atoms with Gasteiger partial charge in [-0.05, 0) is 19.1 Å². The van der Waals surface area contributed by atoms with Crippen LogP contribution in [0.1, 0.15) is 18.2 Å². The first-order chi connectivity index (χ1) is 9.26. The SMILES string of the molecule is C=Cc1oc2c([nH]c(=O)c3ccccc32)c1/C=C\C. The lowest BCUT2D eigenvalue weighted by atomic mass is 10.1. The number of hydrogen-bond acceptors (Lipinski definition) is 2. The van der Waals surface area contributed by atoms with Crippen LogP contribution in [-0.2, 0) is 0 Å². The molecule has 0 aliphatic carbocycles. The largest absolute Gasteiger partial charge is 0.454 e. The zero-order valence-electron chi connectivity index (χ0n) is 10.6. The number of furan rings is 1. The highest BCUT2D eigenvalue weighted by atomic mass is 16.3. The molecule has 0 amide bonds. The zero-order chi connectivity index (χ0) is 13.4. The van der Waals surface area contributed by atoms with Crippen LogP contribution in [0.4, 0.5) is 0 Å². The third-order valence-electron chi connectivity index (χ3n) is 3.15. The molecule has 1 N–H and O–H groups in total. The third-order valence-corrected chi connectivity index (χ3v) is 3.15. The van der Waals surface area contributed by atoms with Crippen molar-refractivity contribution >= 4 is 34.0 Å². The summed E-state index contributed by atoms with van der Waals surface area (Å²) in [5, 5.41) is 1.45. The average Bonchev–Trinajstić information content (AvgIpc) is 2.78. The first-order valence-electron chi connectivity index (χ1n) is 6.09. The van der Waals surface area contributed by atoms with Crippen molar-refractivity contribution < 1.29 is 4.42 Å². The predicted octanol–water partition coefficient (Wildman–Crippen LogP) is 3.95. The second-order valence-electron chi connectivity index (χ2n) is 4.29. The van der Waals surface area contributed by atoms with Crippen molar-refractivity contribution in [3.8, 4) is 0 Å². The number of nitrogens with one attached hydrogen (secondary N) is 1. The Morgan fingerprint density at radius 3 is 2.68 bits per heavy atom. The number of rotatable bonds is 2. The van der Waals surface area contributed by atoms with E-state index in [1.54, 1.807) is 12.1 Å². The van der Waals surface area contributed by atoms with Gasteiger partial charge in [-0.15, -0.1) is 0 Å². The number of allylic oxidation sites excluding steroid dienone is 1. The van der Waals surface area contributed by atoms with E-state index in [0.29, 0.717) is 16.7 Å². The van der Waals surface area contributed by atoms with Crippen LogP contribution in [-0.4, -0.2) is 4.98 Å². The summed E-state index contributed by atoms with van der Waals surface area (Å²) in [5.41, 5.74) is 2.16. The Labute approximate surface area is 109 Å². The van der Waals surface area contributed by atoms with Gasteiger partial charge in [0.05, 0.1) is 10.9 Å². The zero-order valence-corrected chi connectivity index (χ0v) is 10.6. The minimum atomic E-state index is -0.106. The maximum Gasteiger partial charge on any atom is 0.256 e. The van der Waals surface area contributed by atoms with Crippen LogP contribution < -0.4 is 5.56 Å². The molecule has 19 heavy (non-hydrogen) atoms. The van der Waals surface area contributed by atoms with Crippen LogP contribution in [0.15, 0.2) is 46.1 Å². The molecule has 3 rings (SSSR count). The van der Waals surface area contributed by atoms with E-state index in [4.69, 9.17) is 4.42 Å². The van der Waals surface area contributed by atoms with Gasteiger partial charge in [0, 0.05) is 10.9 Å². The maximum atomic E-state index is 12.1. The van der Waals surface area contributed by atoms with Crippen LogP contribution in [0.2, 0.25) is 0 Å². The van der Waals surface area contributed by atoms with Crippen molar-refractivity contribution in [2.75, 3.05) is 0 Å². The van der Waals surface area contributed by atoms with Gasteiger partial charge >= 0.3 is 0 Å². The quantitative estimate of drug-likeness (QED) is 0.749. The molecular formula is C16H13NO2. The summed E-state index contributed by atoms with van der Waals surface area (Å²) in [6, 6.07) is 7.42. The number of hydrogen-bond donors (Lipinski definition) is 1. The fourth-order valence-corrected chi connectivity index (χ4v) is 2.32. The molecule has 2 aromatic heterocycles. The summed E-state index contributed by atoms with van der Waals surface area (Å²) in [5.74, 6) is 0.667. The molecule has 0 atom stereocenters. The van der Waals surface area contributed by atoms with E-state index in [0.717, 1.165) is 16.5 Å². The Bertz CT molecular complexity index is 865. The molecule has 0 unspecified atom stereocenters. The molecule has 0 spiro atoms. The van der Waals surface area contributed by atoms with Crippen LogP contribution in [0.5, 0.6) is 0 Å². The highest BCUT2D eigenvalue weighted by Crippen LogP contribution is 2.30. The number of aromatic nitrogens is 1. The predicted molar refractivity (Wildman–Crippen MR) is 79.1 cm³/mol. The number of fused-ring (bicyclic) bond motifs is 3. The highest BCUT2D eigenvalue weighted by molar-refractivity contribution is 6.05. The molecule has 0 radical (unpaired) electrons. The molecule has 0 fully saturated rings. The van der Waals surface area contributed by atoms with E-state index >= 15 is 0 Å². The summed E-state index contributed by atoms with van der Waals surface area (Å²) in [7, 11) is 0. The van der Waals surface area contributed by atoms with Gasteiger partial charge in [0.2, 0.25) is 0 Å². The fourth-order valence-electron chi connectivity index (χ4n) is 2.32. The number of pyridine rings is 1. The second-order valence-corrected chi connectivity index (χ2v) is 4.29. The van der Waals surface area contributed by atoms with Crippen LogP contribution in [0.25, 0.3) is 34.0 Å². The van der Waals surface area contributed by atoms with Crippen LogP contribution >= 0.6 is 0 Å². The van der Waals surface area contributed by atoms with Gasteiger partial charge in [0.15, 0.2) is 5.58 Å². The van der Waals surface area contributed by atoms with Gasteiger partial charge in [-0.1, -0.05) is 36.9 Å². The summed E-state index contributed by atoms with van der Waals surface area (Å²) in [6.45, 7) is 5.67. The van der Waals surface area contributed by atoms with E-state index in [1.807, 2.05) is 37.3 Å². The first-order valence-corrected chi connectivity index (χ1v) is 6.09. The van der Waals surface area contributed by atoms with Crippen LogP contribution in [0, 0.1) is 0 Å². The Hall–Kier alpha value is -2.55. The molecule has 3 aromatic rings. The summed E-state index contributed by atoms with van der Waals surface area (Å²) in [6.07, 6.45) is 5.47. The minimum absolute atomic E-state index is 0.106. The van der Waals surface area contributed by atoms with Crippen molar-refractivity contribution in [2.45, 2.75) is 6.92 Å². The molecule has 2 heterocycles. The smallest absolute Gasteiger partial charge is 0.256 e. The molecule has 0 saturated carbocycles. The van der Waals surface area contributed by atoms with E-state index in [2.05, 4.69) is 11.6 Å². The Morgan fingerprint density at radius 2 is 2.00 bits per heavy atom. The monoisotopic (exact) mass is 251 g/mol. The van der Waals surface area contributed by atoms with Crippen molar-refractivity contribution in [2.24, 2.45) is 0 Å². The number of H-pyrrole nitrogens is 1. The standard InChI is InChI=1S/C16H13NO2/c1-3-7-12-13(4-2)19-15-10-8-5-6-9-11(10)16(18)17-14(12)15/h3-9H,2H2,1H3,(H,17,18)/b7-3-. The fraction of sp³-hybridized carbons (Fsp3) is 0.0625. The molecule has 3 heteroatoms. The normalized spacial score (nSPS) is 11.6. The van der Waals surface area contributed by atoms with Gasteiger partial charge in [-0.25, -0.2) is 0 Å². The Kier molecular flexibility index (Phi) is 2.60. The lowest BCUT2D eigenvalue weighted by Gasteiger charge is -1.97. The summed E-state index contributed by atoms with van der Waals surface area (Å²) < 4.78 is 5.83. The molecule has 0 saturated heterocycles. The van der Waals surface area contributed by atoms with Gasteiger partial charge < -0.3 is 9.40 Å². The lowest BCUT2D eigenvalue weighted by molar-refractivity contribution is 0.606. The lowest BCUT2D eigenvalue weighted by Crippen LogP contribution is -2.05. The van der Waals surface area contributed by atoms with Crippen molar-refractivity contribution in [1.82, 2.24) is 4.98 Å². The average molecular weight is 251 g/mol. The highest BCUT2D eigenvalue weighted by Gasteiger charge is 2.14. The third kappa shape index (κ3) is 1.63. The molecule has 3 nitrogen and oxygen atoms in total. The second kappa shape index (κ2) is 4.28. The molecular weight excluding hydrogens is 238 g/mol. The first kappa shape index (κ1) is 11.5. The molecule has 0 bridgehead atoms. The van der Waals surface area contributed by atoms with Crippen molar-refractivity contribution in [3.63, 3.8) is 0 Å². The van der Waals surface area contributed by atoms with E-state index in [9.17, 15) is 4.79 Å². The summed E-state index contributed by atoms with van der Waals surface area (Å²) in [4.78, 5) is 15.0. The maximum absolute atomic E-state index is 12.1. The number of aromatic amines is 1. The van der Waals surface area contributed by atoms with Crippen molar-refractivity contribution in [3.05, 3.63) is 58.6 Å². The molecule has 1 aromatic carbocycles. The van der Waals surface area contributed by atoms with Gasteiger partial charge in [0.1, 0.15) is 5.76 Å². The topological polar surface area (TPSA) is 46.0 Å². The number of benzene rings is 1.